The number of carbonyl (C=O) groups excluding carboxylic acids is 1. The highest BCUT2D eigenvalue weighted by molar-refractivity contribution is 5.92. The monoisotopic (exact) mass is 396 g/mol. The molecule has 3 aromatic rings. The molecule has 150 valence electrons. The van der Waals surface area contributed by atoms with Crippen LogP contribution in [0.1, 0.15) is 22.4 Å². The molecule has 4 heteroatoms. The Kier molecular flexibility index (Phi) is 7.40. The van der Waals surface area contributed by atoms with Crippen molar-refractivity contribution in [3.05, 3.63) is 101 Å². The summed E-state index contributed by atoms with van der Waals surface area (Å²) in [5, 5.41) is 0. The molecule has 0 saturated heterocycles. The second-order valence-electron chi connectivity index (χ2n) is 6.90. The average Bonchev–Trinajstić information content (AvgIpc) is 2.78. The highest BCUT2D eigenvalue weighted by Gasteiger charge is 2.10. The molecule has 0 bridgehead atoms. The van der Waals surface area contributed by atoms with E-state index < -0.39 is 0 Å². The Morgan fingerprint density at radius 2 is 1.87 bits per heavy atom. The molecule has 0 atom stereocenters. The van der Waals surface area contributed by atoms with Crippen molar-refractivity contribution in [2.45, 2.75) is 20.1 Å². The number of terminal acetylenes is 1. The normalized spacial score (nSPS) is 10.5. The molecule has 0 N–H and O–H groups in total. The van der Waals surface area contributed by atoms with Crippen molar-refractivity contribution < 1.29 is 9.53 Å². The number of carbonyl (C=O) groups is 1. The van der Waals surface area contributed by atoms with Gasteiger partial charge in [-0.15, -0.1) is 6.42 Å². The molecule has 0 spiro atoms. The van der Waals surface area contributed by atoms with E-state index >= 15 is 0 Å². The topological polar surface area (TPSA) is 42.4 Å². The summed E-state index contributed by atoms with van der Waals surface area (Å²) in [4.78, 5) is 18.5. The Balaban J connectivity index is 1.58. The van der Waals surface area contributed by atoms with Crippen LogP contribution < -0.4 is 4.74 Å². The van der Waals surface area contributed by atoms with E-state index in [0.717, 1.165) is 22.6 Å². The maximum absolute atomic E-state index is 12.6. The molecule has 1 aromatic heterocycles. The predicted molar refractivity (Wildman–Crippen MR) is 119 cm³/mol. The van der Waals surface area contributed by atoms with Crippen molar-refractivity contribution in [1.29, 1.82) is 0 Å². The highest BCUT2D eigenvalue weighted by Crippen LogP contribution is 2.15. The van der Waals surface area contributed by atoms with Gasteiger partial charge in [0.2, 0.25) is 5.91 Å². The molecule has 0 saturated carbocycles. The van der Waals surface area contributed by atoms with E-state index in [1.54, 1.807) is 23.2 Å². The first kappa shape index (κ1) is 20.9. The molecule has 0 aliphatic rings. The van der Waals surface area contributed by atoms with E-state index in [1.807, 2.05) is 73.7 Å². The van der Waals surface area contributed by atoms with Crippen LogP contribution >= 0.6 is 0 Å². The van der Waals surface area contributed by atoms with Gasteiger partial charge in [0.15, 0.2) is 0 Å². The number of amides is 1. The van der Waals surface area contributed by atoms with Gasteiger partial charge in [0, 0.05) is 18.8 Å². The first-order valence-corrected chi connectivity index (χ1v) is 9.73. The molecule has 3 rings (SSSR count). The smallest absolute Gasteiger partial charge is 0.247 e. The Labute approximate surface area is 177 Å². The summed E-state index contributed by atoms with van der Waals surface area (Å²) in [7, 11) is 0. The zero-order valence-corrected chi connectivity index (χ0v) is 17.0. The van der Waals surface area contributed by atoms with Crippen molar-refractivity contribution in [2.75, 3.05) is 6.54 Å². The minimum atomic E-state index is -0.121. The molecule has 1 heterocycles. The predicted octanol–water partition coefficient (Wildman–Crippen LogP) is 4.64. The van der Waals surface area contributed by atoms with E-state index in [0.29, 0.717) is 13.2 Å². The Morgan fingerprint density at radius 1 is 1.10 bits per heavy atom. The van der Waals surface area contributed by atoms with Gasteiger partial charge in [0.1, 0.15) is 12.4 Å². The number of rotatable bonds is 8. The van der Waals surface area contributed by atoms with Crippen LogP contribution in [0.2, 0.25) is 0 Å². The van der Waals surface area contributed by atoms with Crippen molar-refractivity contribution >= 4 is 12.0 Å². The van der Waals surface area contributed by atoms with E-state index in [-0.39, 0.29) is 12.5 Å². The SMILES string of the molecule is C#CCN(Cc1ccc(C)cc1)C(=O)/C=C/c1ccc(OCc2ccccn2)cc1. The average molecular weight is 396 g/mol. The molecule has 0 aliphatic carbocycles. The first-order chi connectivity index (χ1) is 14.6. The summed E-state index contributed by atoms with van der Waals surface area (Å²) >= 11 is 0. The first-order valence-electron chi connectivity index (χ1n) is 9.73. The summed E-state index contributed by atoms with van der Waals surface area (Å²) in [5.74, 6) is 3.19. The number of nitrogens with zero attached hydrogens (tertiary/aromatic N) is 2. The zero-order chi connectivity index (χ0) is 21.2. The van der Waals surface area contributed by atoms with Crippen LogP contribution in [0.5, 0.6) is 5.75 Å². The Morgan fingerprint density at radius 3 is 2.53 bits per heavy atom. The van der Waals surface area contributed by atoms with Crippen LogP contribution in [0.3, 0.4) is 0 Å². The number of aromatic nitrogens is 1. The van der Waals surface area contributed by atoms with Gasteiger partial charge in [-0.1, -0.05) is 53.9 Å². The van der Waals surface area contributed by atoms with E-state index in [4.69, 9.17) is 11.2 Å². The number of ether oxygens (including phenoxy) is 1. The lowest BCUT2D eigenvalue weighted by molar-refractivity contribution is -0.125. The van der Waals surface area contributed by atoms with Crippen LogP contribution in [0.25, 0.3) is 6.08 Å². The van der Waals surface area contributed by atoms with Gasteiger partial charge >= 0.3 is 0 Å². The maximum Gasteiger partial charge on any atom is 0.247 e. The zero-order valence-electron chi connectivity index (χ0n) is 17.0. The third-order valence-electron chi connectivity index (χ3n) is 4.50. The number of hydrogen-bond acceptors (Lipinski definition) is 3. The lowest BCUT2D eigenvalue weighted by Gasteiger charge is -2.18. The van der Waals surface area contributed by atoms with E-state index in [2.05, 4.69) is 10.9 Å². The van der Waals surface area contributed by atoms with Crippen LogP contribution in [-0.4, -0.2) is 22.3 Å². The third kappa shape index (κ3) is 6.35. The summed E-state index contributed by atoms with van der Waals surface area (Å²) in [5.41, 5.74) is 4.01. The molecular weight excluding hydrogens is 372 g/mol. The molecule has 2 aromatic carbocycles. The molecule has 1 amide bonds. The quantitative estimate of drug-likeness (QED) is 0.411. The minimum Gasteiger partial charge on any atom is -0.487 e. The minimum absolute atomic E-state index is 0.121. The summed E-state index contributed by atoms with van der Waals surface area (Å²) in [6.45, 7) is 3.19. The van der Waals surface area contributed by atoms with E-state index in [1.165, 1.54) is 5.56 Å². The lowest BCUT2D eigenvalue weighted by atomic mass is 10.1. The number of aryl methyl sites for hydroxylation is 1. The summed E-state index contributed by atoms with van der Waals surface area (Å²) in [6.07, 6.45) is 10.5. The van der Waals surface area contributed by atoms with Gasteiger partial charge in [-0.3, -0.25) is 9.78 Å². The van der Waals surface area contributed by atoms with Crippen molar-refractivity contribution in [2.24, 2.45) is 0 Å². The van der Waals surface area contributed by atoms with E-state index in [9.17, 15) is 4.79 Å². The number of hydrogen-bond donors (Lipinski definition) is 0. The maximum atomic E-state index is 12.6. The van der Waals surface area contributed by atoms with Gasteiger partial charge in [-0.25, -0.2) is 0 Å². The van der Waals surface area contributed by atoms with Gasteiger partial charge in [-0.05, 0) is 48.4 Å². The third-order valence-corrected chi connectivity index (χ3v) is 4.50. The van der Waals surface area contributed by atoms with Crippen molar-refractivity contribution in [1.82, 2.24) is 9.88 Å². The largest absolute Gasteiger partial charge is 0.487 e. The molecule has 0 radical (unpaired) electrons. The molecule has 0 aliphatic heterocycles. The fourth-order valence-corrected chi connectivity index (χ4v) is 2.82. The van der Waals surface area contributed by atoms with Crippen molar-refractivity contribution in [3.63, 3.8) is 0 Å². The Bertz CT molecular complexity index is 1020. The highest BCUT2D eigenvalue weighted by atomic mass is 16.5. The molecule has 30 heavy (non-hydrogen) atoms. The van der Waals surface area contributed by atoms with Gasteiger partial charge in [0.05, 0.1) is 12.2 Å². The van der Waals surface area contributed by atoms with Crippen LogP contribution in [0.15, 0.2) is 79.0 Å². The van der Waals surface area contributed by atoms with Gasteiger partial charge in [0.25, 0.3) is 0 Å². The fourth-order valence-electron chi connectivity index (χ4n) is 2.82. The second kappa shape index (κ2) is 10.6. The number of pyridine rings is 1. The van der Waals surface area contributed by atoms with Crippen molar-refractivity contribution in [3.8, 4) is 18.1 Å². The summed E-state index contributed by atoms with van der Waals surface area (Å²) < 4.78 is 5.73. The molecule has 4 nitrogen and oxygen atoms in total. The van der Waals surface area contributed by atoms with Crippen LogP contribution in [-0.2, 0) is 17.9 Å². The number of benzene rings is 2. The van der Waals surface area contributed by atoms with Gasteiger partial charge in [-0.2, -0.15) is 0 Å². The standard InChI is InChI=1S/C26H24N2O2/c1-3-18-28(19-23-9-7-21(2)8-10-23)26(29)16-13-22-11-14-25(15-12-22)30-20-24-6-4-5-17-27-24/h1,4-17H,18-20H2,2H3/b16-13+. The van der Waals surface area contributed by atoms with Crippen LogP contribution in [0.4, 0.5) is 0 Å². The fraction of sp³-hybridized carbons (Fsp3) is 0.154. The molecule has 0 fully saturated rings. The van der Waals surface area contributed by atoms with Gasteiger partial charge < -0.3 is 9.64 Å². The second-order valence-corrected chi connectivity index (χ2v) is 6.90. The molecular formula is C26H24N2O2. The summed E-state index contributed by atoms with van der Waals surface area (Å²) in [6, 6.07) is 21.4. The van der Waals surface area contributed by atoms with Crippen LogP contribution in [0, 0.1) is 19.3 Å². The molecule has 0 unspecified atom stereocenters. The lowest BCUT2D eigenvalue weighted by Crippen LogP contribution is -2.29. The Hall–Kier alpha value is -3.84.